The van der Waals surface area contributed by atoms with E-state index in [4.69, 9.17) is 9.47 Å². The summed E-state index contributed by atoms with van der Waals surface area (Å²) < 4.78 is 12.7. The fourth-order valence-electron chi connectivity index (χ4n) is 2.20. The lowest BCUT2D eigenvalue weighted by Crippen LogP contribution is -2.03. The Morgan fingerprint density at radius 3 is 3.05 bits per heavy atom. The monoisotopic (exact) mass is 284 g/mol. The van der Waals surface area contributed by atoms with Gasteiger partial charge < -0.3 is 9.47 Å². The Bertz CT molecular complexity index is 754. The van der Waals surface area contributed by atoms with Crippen molar-refractivity contribution in [2.24, 2.45) is 0 Å². The smallest absolute Gasteiger partial charge is 0.189 e. The molecule has 0 unspecified atom stereocenters. The van der Waals surface area contributed by atoms with E-state index >= 15 is 0 Å². The van der Waals surface area contributed by atoms with Crippen LogP contribution in [0, 0.1) is 6.92 Å². The molecule has 3 aromatic heterocycles. The van der Waals surface area contributed by atoms with Gasteiger partial charge in [-0.25, -0.2) is 9.50 Å². The van der Waals surface area contributed by atoms with E-state index in [9.17, 15) is 0 Å². The number of aryl methyl sites for hydroxylation is 1. The Balaban J connectivity index is 2.08. The van der Waals surface area contributed by atoms with Crippen LogP contribution in [0.3, 0.4) is 0 Å². The van der Waals surface area contributed by atoms with E-state index < -0.39 is 0 Å². The third kappa shape index (κ3) is 2.57. The molecule has 6 heteroatoms. The lowest BCUT2D eigenvalue weighted by molar-refractivity contribution is 0.0225. The number of rotatable bonds is 5. The average molecular weight is 284 g/mol. The second-order valence-electron chi connectivity index (χ2n) is 4.48. The molecule has 0 spiro atoms. The predicted octanol–water partition coefficient (Wildman–Crippen LogP) is 2.47. The molecule has 21 heavy (non-hydrogen) atoms. The van der Waals surface area contributed by atoms with Gasteiger partial charge in [-0.15, -0.1) is 0 Å². The highest BCUT2D eigenvalue weighted by molar-refractivity contribution is 5.83. The van der Waals surface area contributed by atoms with Crippen molar-refractivity contribution in [3.8, 4) is 16.9 Å². The summed E-state index contributed by atoms with van der Waals surface area (Å²) in [7, 11) is 0. The Kier molecular flexibility index (Phi) is 3.79. The summed E-state index contributed by atoms with van der Waals surface area (Å²) in [6.45, 7) is 4.68. The zero-order valence-electron chi connectivity index (χ0n) is 12.0. The summed E-state index contributed by atoms with van der Waals surface area (Å²) in [5.41, 5.74) is 3.55. The van der Waals surface area contributed by atoms with Gasteiger partial charge >= 0.3 is 0 Å². The molecule has 0 aromatic carbocycles. The maximum absolute atomic E-state index is 5.66. The summed E-state index contributed by atoms with van der Waals surface area (Å²) in [5, 5.41) is 4.47. The quantitative estimate of drug-likeness (QED) is 0.532. The number of hydrogen-bond donors (Lipinski definition) is 0. The van der Waals surface area contributed by atoms with E-state index in [0.717, 1.165) is 22.5 Å². The van der Waals surface area contributed by atoms with E-state index in [1.165, 1.54) is 0 Å². The summed E-state index contributed by atoms with van der Waals surface area (Å²) in [6, 6.07) is 3.75. The summed E-state index contributed by atoms with van der Waals surface area (Å²) in [4.78, 5) is 8.52. The van der Waals surface area contributed by atoms with E-state index in [1.54, 1.807) is 23.1 Å². The third-order valence-corrected chi connectivity index (χ3v) is 3.13. The van der Waals surface area contributed by atoms with Gasteiger partial charge in [0.25, 0.3) is 0 Å². The van der Waals surface area contributed by atoms with Gasteiger partial charge in [0.1, 0.15) is 5.75 Å². The molecule has 3 aromatic rings. The summed E-state index contributed by atoms with van der Waals surface area (Å²) in [6.07, 6.45) is 7.04. The van der Waals surface area contributed by atoms with Crippen LogP contribution in [-0.2, 0) is 4.74 Å². The number of aromatic nitrogens is 4. The maximum Gasteiger partial charge on any atom is 0.189 e. The second kappa shape index (κ2) is 5.88. The minimum Gasteiger partial charge on any atom is -0.465 e. The molecular formula is C15H16N4O2. The Morgan fingerprint density at radius 2 is 2.19 bits per heavy atom. The third-order valence-electron chi connectivity index (χ3n) is 3.13. The molecule has 6 nitrogen and oxygen atoms in total. The van der Waals surface area contributed by atoms with Crippen LogP contribution in [0.5, 0.6) is 5.75 Å². The van der Waals surface area contributed by atoms with Crippen LogP contribution in [0.25, 0.3) is 16.8 Å². The number of hydrogen-bond acceptors (Lipinski definition) is 5. The van der Waals surface area contributed by atoms with Gasteiger partial charge in [-0.3, -0.25) is 4.98 Å². The fourth-order valence-corrected chi connectivity index (χ4v) is 2.20. The van der Waals surface area contributed by atoms with Crippen molar-refractivity contribution in [1.29, 1.82) is 0 Å². The van der Waals surface area contributed by atoms with Crippen molar-refractivity contribution in [2.45, 2.75) is 13.8 Å². The molecule has 3 rings (SSSR count). The molecule has 0 aliphatic carbocycles. The molecule has 108 valence electrons. The molecule has 0 amide bonds. The molecule has 0 N–H and O–H groups in total. The maximum atomic E-state index is 5.66. The van der Waals surface area contributed by atoms with Crippen LogP contribution in [0.15, 0.2) is 36.9 Å². The second-order valence-corrected chi connectivity index (χ2v) is 4.48. The van der Waals surface area contributed by atoms with Crippen molar-refractivity contribution in [1.82, 2.24) is 19.6 Å². The fraction of sp³-hybridized carbons (Fsp3) is 0.267. The highest BCUT2D eigenvalue weighted by Crippen LogP contribution is 2.33. The first kappa shape index (κ1) is 13.5. The molecule has 0 fully saturated rings. The van der Waals surface area contributed by atoms with Crippen LogP contribution in [0.4, 0.5) is 0 Å². The van der Waals surface area contributed by atoms with Crippen LogP contribution < -0.4 is 4.74 Å². The Hall–Kier alpha value is -2.47. The lowest BCUT2D eigenvalue weighted by atomic mass is 10.1. The zero-order valence-corrected chi connectivity index (χ0v) is 12.0. The van der Waals surface area contributed by atoms with E-state index in [2.05, 4.69) is 15.1 Å². The molecule has 0 saturated carbocycles. The number of nitrogens with zero attached hydrogens (tertiary/aromatic N) is 4. The van der Waals surface area contributed by atoms with Gasteiger partial charge in [0.2, 0.25) is 0 Å². The average Bonchev–Trinajstić information content (AvgIpc) is 2.84. The number of pyridine rings is 1. The molecule has 0 radical (unpaired) electrons. The molecule has 0 aliphatic heterocycles. The molecule has 0 atom stereocenters. The number of ether oxygens (including phenoxy) is 2. The van der Waals surface area contributed by atoms with Gasteiger partial charge in [0, 0.05) is 30.8 Å². The SMILES string of the molecule is CCOCOc1cnccc1-c1c(C)nn2cccnc12. The van der Waals surface area contributed by atoms with Crippen LogP contribution >= 0.6 is 0 Å². The molecule has 0 aliphatic rings. The minimum atomic E-state index is 0.195. The topological polar surface area (TPSA) is 61.5 Å². The van der Waals surface area contributed by atoms with E-state index in [0.29, 0.717) is 12.4 Å². The molecule has 3 heterocycles. The standard InChI is InChI=1S/C15H16N4O2/c1-3-20-10-21-13-9-16-7-5-12(13)14-11(2)18-19-8-4-6-17-15(14)19/h4-9H,3,10H2,1-2H3. The van der Waals surface area contributed by atoms with Gasteiger partial charge in [0.05, 0.1) is 17.5 Å². The van der Waals surface area contributed by atoms with Crippen molar-refractivity contribution in [2.75, 3.05) is 13.4 Å². The lowest BCUT2D eigenvalue weighted by Gasteiger charge is -2.10. The Labute approximate surface area is 122 Å². The first-order valence-electron chi connectivity index (χ1n) is 6.76. The largest absolute Gasteiger partial charge is 0.465 e. The van der Waals surface area contributed by atoms with Crippen LogP contribution in [0.1, 0.15) is 12.6 Å². The van der Waals surface area contributed by atoms with Crippen molar-refractivity contribution in [3.05, 3.63) is 42.6 Å². The summed E-state index contributed by atoms with van der Waals surface area (Å²) in [5.74, 6) is 0.662. The van der Waals surface area contributed by atoms with Crippen molar-refractivity contribution >= 4 is 5.65 Å². The highest BCUT2D eigenvalue weighted by Gasteiger charge is 2.16. The predicted molar refractivity (Wildman–Crippen MR) is 78.1 cm³/mol. The Morgan fingerprint density at radius 1 is 1.29 bits per heavy atom. The highest BCUT2D eigenvalue weighted by atomic mass is 16.7. The van der Waals surface area contributed by atoms with Gasteiger partial charge in [-0.05, 0) is 26.0 Å². The minimum absolute atomic E-state index is 0.195. The van der Waals surface area contributed by atoms with Gasteiger partial charge in [0.15, 0.2) is 12.4 Å². The van der Waals surface area contributed by atoms with Gasteiger partial charge in [-0.2, -0.15) is 5.10 Å². The normalized spacial score (nSPS) is 11.0. The van der Waals surface area contributed by atoms with Crippen molar-refractivity contribution < 1.29 is 9.47 Å². The van der Waals surface area contributed by atoms with Crippen molar-refractivity contribution in [3.63, 3.8) is 0 Å². The molecule has 0 bridgehead atoms. The first-order chi connectivity index (χ1) is 10.3. The van der Waals surface area contributed by atoms with Gasteiger partial charge in [-0.1, -0.05) is 0 Å². The van der Waals surface area contributed by atoms with E-state index in [1.807, 2.05) is 32.2 Å². The van der Waals surface area contributed by atoms with E-state index in [-0.39, 0.29) is 6.79 Å². The van der Waals surface area contributed by atoms with Crippen LogP contribution in [-0.4, -0.2) is 33.0 Å². The first-order valence-corrected chi connectivity index (χ1v) is 6.76. The van der Waals surface area contributed by atoms with Crippen LogP contribution in [0.2, 0.25) is 0 Å². The molecule has 0 saturated heterocycles. The zero-order chi connectivity index (χ0) is 14.7. The summed E-state index contributed by atoms with van der Waals surface area (Å²) >= 11 is 0. The molecular weight excluding hydrogens is 268 g/mol. The number of fused-ring (bicyclic) bond motifs is 1.